The van der Waals surface area contributed by atoms with E-state index >= 15 is 4.79 Å². The number of aliphatic carboxylic acids is 2. The minimum absolute atomic E-state index is 0. The fraction of sp³-hybridized carbons (Fsp3) is 0.484. The molecule has 14 atom stereocenters. The summed E-state index contributed by atoms with van der Waals surface area (Å²) in [5.74, 6) is -13.7. The first kappa shape index (κ1) is 75.9. The molecule has 4 aromatic rings. The van der Waals surface area contributed by atoms with Gasteiger partial charge in [0.2, 0.25) is 6.23 Å². The van der Waals surface area contributed by atoms with E-state index in [9.17, 15) is 77.8 Å². The first-order valence-electron chi connectivity index (χ1n) is 28.5. The van der Waals surface area contributed by atoms with E-state index in [1.807, 2.05) is 0 Å². The molecule has 31 heteroatoms. The Morgan fingerprint density at radius 2 is 1.40 bits per heavy atom. The molecule has 0 spiro atoms. The summed E-state index contributed by atoms with van der Waals surface area (Å²) in [7, 11) is 0. The molecule has 2 bridgehead atoms. The van der Waals surface area contributed by atoms with Crippen LogP contribution in [0.1, 0.15) is 112 Å². The Balaban J connectivity index is 0.000000415. The predicted octanol–water partition coefficient (Wildman–Crippen LogP) is 0.425. The van der Waals surface area contributed by atoms with Gasteiger partial charge in [0, 0.05) is 49.3 Å². The number of aliphatic hydroxyl groups is 5. The van der Waals surface area contributed by atoms with Crippen LogP contribution in [0.4, 0.5) is 14.6 Å². The van der Waals surface area contributed by atoms with E-state index in [4.69, 9.17) is 39.3 Å². The first-order chi connectivity index (χ1) is 42.2. The summed E-state index contributed by atoms with van der Waals surface area (Å²) >= 11 is 0. The van der Waals surface area contributed by atoms with Gasteiger partial charge in [-0.1, -0.05) is 87.0 Å². The van der Waals surface area contributed by atoms with Gasteiger partial charge in [-0.15, -0.1) is 0 Å². The average Bonchev–Trinajstić information content (AvgIpc) is 1.07. The third kappa shape index (κ3) is 13.9. The van der Waals surface area contributed by atoms with E-state index in [0.717, 1.165) is 26.1 Å². The van der Waals surface area contributed by atoms with Crippen LogP contribution in [-0.2, 0) is 78.3 Å². The number of ketones is 1. The third-order valence-electron chi connectivity index (χ3n) is 18.1. The van der Waals surface area contributed by atoms with Gasteiger partial charge in [0.05, 0.1) is 54.2 Å². The molecule has 0 unspecified atom stereocenters. The van der Waals surface area contributed by atoms with E-state index in [0.29, 0.717) is 16.6 Å². The van der Waals surface area contributed by atoms with Crippen molar-refractivity contribution < 1.29 is 132 Å². The zero-order valence-electron chi connectivity index (χ0n) is 51.2. The maximum absolute atomic E-state index is 15.5. The van der Waals surface area contributed by atoms with Crippen molar-refractivity contribution in [2.75, 3.05) is 18.9 Å². The predicted molar refractivity (Wildman–Crippen MR) is 309 cm³/mol. The van der Waals surface area contributed by atoms with Crippen molar-refractivity contribution in [2.24, 2.45) is 22.2 Å². The molecule has 0 radical (unpaired) electrons. The summed E-state index contributed by atoms with van der Waals surface area (Å²) in [6, 6.07) is 24.1. The number of esters is 4. The number of carboxylic acid groups (broad SMARTS) is 2. The minimum atomic E-state index is -3.71. The summed E-state index contributed by atoms with van der Waals surface area (Å²) in [6.07, 6.45) is -14.3. The summed E-state index contributed by atoms with van der Waals surface area (Å²) in [4.78, 5) is 119. The molecule has 4 aliphatic carbocycles. The van der Waals surface area contributed by atoms with Crippen LogP contribution in [0.25, 0.3) is 0 Å². The van der Waals surface area contributed by atoms with Crippen molar-refractivity contribution in [1.82, 2.24) is 27.2 Å². The fourth-order valence-electron chi connectivity index (χ4n) is 12.9. The molecule has 6 aliphatic rings. The number of nitrogens with two attached hydrogens (primary N) is 1. The minimum Gasteiger partial charge on any atom is -0.549 e. The van der Waals surface area contributed by atoms with Crippen molar-refractivity contribution in [3.8, 4) is 0 Å². The van der Waals surface area contributed by atoms with E-state index in [2.05, 4.69) is 10.3 Å². The summed E-state index contributed by atoms with van der Waals surface area (Å²) < 4.78 is 63.0. The fourth-order valence-corrected chi connectivity index (χ4v) is 12.9. The van der Waals surface area contributed by atoms with Gasteiger partial charge in [0.25, 0.3) is 5.91 Å². The molecule has 93 heavy (non-hydrogen) atoms. The maximum atomic E-state index is 15.5. The SMILES string of the molecule is CC(=O)O[C@H]1C(=O)[C@@]2(C)[C@H]([C@H](OC(=O)c3ccccc3)[C@]3(O)C[C@H](OC(=O)[C@H](O)[C@@H](NC(=O)c4ccccc4)c4ccccc4)C(C)=C1C3(C)C)[C@]1(OC(C)=O)CO[C@@H]1C[C@@H]2O.N.N.Nc1ccn([C@@H]2O[C@H](CO)[C@@H](O)C2(F)F)c(=O)n1.O=C([O-])C1(C(=O)[O-])CCC1.[Pt+2]. The molecule has 508 valence electrons. The number of halogens is 2. The van der Waals surface area contributed by atoms with Crippen LogP contribution in [0.15, 0.2) is 119 Å². The number of nitrogens with zero attached hydrogens (tertiary/aromatic N) is 2. The second-order valence-corrected chi connectivity index (χ2v) is 23.7. The number of carbonyl (C=O) groups excluding carboxylic acids is 8. The number of aromatic nitrogens is 2. The quantitative estimate of drug-likeness (QED) is 0.0358. The largest absolute Gasteiger partial charge is 2.00 e. The van der Waals surface area contributed by atoms with Gasteiger partial charge in [0.15, 0.2) is 29.7 Å². The number of ether oxygens (including phenoxy) is 6. The Hall–Kier alpha value is -7.77. The summed E-state index contributed by atoms with van der Waals surface area (Å²) in [5.41, 5.74) is -4.48. The molecule has 3 aromatic carbocycles. The van der Waals surface area contributed by atoms with Gasteiger partial charge in [-0.2, -0.15) is 13.8 Å². The van der Waals surface area contributed by atoms with Crippen LogP contribution in [0.5, 0.6) is 0 Å². The average molecular weight is 1490 g/mol. The molecular formula is C62H74F2N6O22Pt. The number of nitrogen functional groups attached to an aromatic ring is 1. The first-order valence-corrected chi connectivity index (χ1v) is 28.5. The Morgan fingerprint density at radius 3 is 1.86 bits per heavy atom. The number of hydrogen-bond donors (Lipinski definition) is 9. The molecule has 14 N–H and O–H groups in total. The normalized spacial score (nSPS) is 29.4. The number of benzene rings is 3. The van der Waals surface area contributed by atoms with Crippen molar-refractivity contribution in [2.45, 2.75) is 152 Å². The monoisotopic (exact) mass is 1490 g/mol. The second-order valence-electron chi connectivity index (χ2n) is 23.7. The number of Topliss-reactive ketones (excluding diaryl/α,β-unsaturated/α-hetero) is 1. The molecule has 3 heterocycles. The van der Waals surface area contributed by atoms with E-state index in [-0.39, 0.29) is 87.3 Å². The van der Waals surface area contributed by atoms with Crippen molar-refractivity contribution >= 4 is 53.3 Å². The molecule has 28 nitrogen and oxygen atoms in total. The smallest absolute Gasteiger partial charge is 0.549 e. The standard InChI is InChI=1S/C47H51NO14.C9H11F2N3O4.C6H8O4.2H3N.Pt/c1-25-31(60-43(56)36(52)35(28-16-10-7-11-17-28)48-41(54)29-18-12-8-13-19-29)23-47(57)40(61-42(55)30-20-14-9-15-21-30)38-45(6,32(51)22-33-46(38,24-58-33)62-27(3)50)39(53)37(59-26(2)49)34(25)44(47,4)5;10-9(11)6(16)4(3-15)18-7(9)14-2-1-5(12)13-8(14)17;7-4(8)6(5(9)10)2-1-3-6;;;/h7-21,31-33,35-38,40,51-52,57H,22-24H2,1-6H3,(H,48,54);1-2,4,6-7,15-16H,3H2,(H2,12,13,17);1-3H2,(H,7,8)(H,9,10);2*1H3;/q;;;;;+2/p-2/t31-,32-,33+,35-,36+,37+,38-,40-,45+,46-,47+;4-,6-,7-;;;;/m01..../s1. The number of alkyl halides is 2. The van der Waals surface area contributed by atoms with Crippen LogP contribution >= 0.6 is 0 Å². The van der Waals surface area contributed by atoms with Gasteiger partial charge in [-0.05, 0) is 73.7 Å². The number of fused-ring (bicyclic) bond motifs is 5. The van der Waals surface area contributed by atoms with Gasteiger partial charge in [-0.25, -0.2) is 14.4 Å². The summed E-state index contributed by atoms with van der Waals surface area (Å²) in [5, 5.41) is 78.8. The zero-order valence-corrected chi connectivity index (χ0v) is 53.5. The van der Waals surface area contributed by atoms with Gasteiger partial charge >= 0.3 is 56.6 Å². The van der Waals surface area contributed by atoms with Gasteiger partial charge in [-0.3, -0.25) is 23.7 Å². The number of hydrogen-bond acceptors (Lipinski definition) is 26. The Labute approximate surface area is 545 Å². The van der Waals surface area contributed by atoms with Gasteiger partial charge in [0.1, 0.15) is 35.8 Å². The number of carboxylic acids is 2. The second kappa shape index (κ2) is 29.3. The molecule has 10 rings (SSSR count). The number of aliphatic hydroxyl groups excluding tert-OH is 4. The van der Waals surface area contributed by atoms with Crippen molar-refractivity contribution in [1.29, 1.82) is 0 Å². The molecular weight excluding hydrogens is 1410 g/mol. The van der Waals surface area contributed by atoms with Gasteiger partial charge < -0.3 is 97.1 Å². The number of amides is 1. The Morgan fingerprint density at radius 1 is 0.839 bits per heavy atom. The van der Waals surface area contributed by atoms with Crippen LogP contribution in [0.2, 0.25) is 0 Å². The van der Waals surface area contributed by atoms with Crippen LogP contribution in [-0.4, -0.2) is 162 Å². The summed E-state index contributed by atoms with van der Waals surface area (Å²) in [6.45, 7) is 7.19. The van der Waals surface area contributed by atoms with E-state index in [1.54, 1.807) is 92.7 Å². The topological polar surface area (TPSA) is 482 Å². The molecule has 1 aromatic heterocycles. The van der Waals surface area contributed by atoms with E-state index < -0.39 is 167 Å². The van der Waals surface area contributed by atoms with Crippen LogP contribution in [0.3, 0.4) is 0 Å². The van der Waals surface area contributed by atoms with Crippen LogP contribution in [0, 0.1) is 22.2 Å². The third-order valence-corrected chi connectivity index (χ3v) is 18.1. The maximum Gasteiger partial charge on any atom is 2.00 e. The molecule has 5 fully saturated rings. The van der Waals surface area contributed by atoms with Crippen LogP contribution < -0.4 is 39.3 Å². The zero-order chi connectivity index (χ0) is 66.2. The number of carbonyl (C=O) groups is 8. The Bertz CT molecular complexity index is 3500. The Kier molecular flexibility index (Phi) is 23.9. The van der Waals surface area contributed by atoms with Crippen molar-refractivity contribution in [3.63, 3.8) is 0 Å². The number of rotatable bonds is 14. The molecule has 2 aliphatic heterocycles. The molecule has 1 amide bonds. The van der Waals surface area contributed by atoms with Crippen molar-refractivity contribution in [3.05, 3.63) is 142 Å². The molecule has 3 saturated carbocycles. The number of anilines is 1. The van der Waals surface area contributed by atoms with E-state index in [1.165, 1.54) is 26.0 Å². The molecule has 2 saturated heterocycles. The number of nitrogens with one attached hydrogen (secondary N) is 1.